The molecule has 0 spiro atoms. The van der Waals surface area contributed by atoms with Gasteiger partial charge in [0, 0.05) is 17.6 Å². The van der Waals surface area contributed by atoms with Crippen molar-refractivity contribution in [3.63, 3.8) is 0 Å². The Bertz CT molecular complexity index is 555. The van der Waals surface area contributed by atoms with Gasteiger partial charge in [-0.3, -0.25) is 0 Å². The van der Waals surface area contributed by atoms with Crippen LogP contribution in [0.4, 0.5) is 0 Å². The Hall–Kier alpha value is -1.52. The van der Waals surface area contributed by atoms with Gasteiger partial charge in [-0.25, -0.2) is 0 Å². The van der Waals surface area contributed by atoms with Gasteiger partial charge in [-0.15, -0.1) is 0 Å². The summed E-state index contributed by atoms with van der Waals surface area (Å²) in [7, 11) is 0. The van der Waals surface area contributed by atoms with Crippen molar-refractivity contribution in [1.82, 2.24) is 10.5 Å². The lowest BCUT2D eigenvalue weighted by atomic mass is 10.2. The number of aromatic nitrogens is 1. The zero-order chi connectivity index (χ0) is 14.4. The second-order valence-electron chi connectivity index (χ2n) is 4.66. The second kappa shape index (κ2) is 7.31. The van der Waals surface area contributed by atoms with Crippen molar-refractivity contribution in [3.8, 4) is 5.75 Å². The number of hydrogen-bond acceptors (Lipinski definition) is 4. The van der Waals surface area contributed by atoms with E-state index in [0.29, 0.717) is 23.9 Å². The zero-order valence-corrected chi connectivity index (χ0v) is 12.5. The summed E-state index contributed by atoms with van der Waals surface area (Å²) in [6.07, 6.45) is 1.10. The molecule has 5 heteroatoms. The van der Waals surface area contributed by atoms with Gasteiger partial charge in [0.25, 0.3) is 0 Å². The number of rotatable bonds is 7. The van der Waals surface area contributed by atoms with Crippen molar-refractivity contribution >= 4 is 11.6 Å². The lowest BCUT2D eigenvalue weighted by molar-refractivity contribution is 0.247. The number of halogens is 1. The van der Waals surface area contributed by atoms with E-state index in [2.05, 4.69) is 17.4 Å². The van der Waals surface area contributed by atoms with Crippen LogP contribution in [0.2, 0.25) is 5.02 Å². The molecule has 0 atom stereocenters. The minimum atomic E-state index is 0.349. The quantitative estimate of drug-likeness (QED) is 0.791. The summed E-state index contributed by atoms with van der Waals surface area (Å²) in [6.45, 7) is 6.14. The molecule has 1 N–H and O–H groups in total. The molecule has 1 aromatic heterocycles. The minimum Gasteiger partial charge on any atom is -0.485 e. The van der Waals surface area contributed by atoms with Gasteiger partial charge in [0.15, 0.2) is 5.76 Å². The van der Waals surface area contributed by atoms with Crippen LogP contribution in [0.25, 0.3) is 0 Å². The maximum Gasteiger partial charge on any atom is 0.174 e. The molecule has 0 bridgehead atoms. The van der Waals surface area contributed by atoms with Crippen LogP contribution < -0.4 is 10.1 Å². The summed E-state index contributed by atoms with van der Waals surface area (Å²) in [5, 5.41) is 7.93. The summed E-state index contributed by atoms with van der Waals surface area (Å²) >= 11 is 5.95. The summed E-state index contributed by atoms with van der Waals surface area (Å²) in [5.41, 5.74) is 1.93. The average Bonchev–Trinajstić information content (AvgIpc) is 2.88. The highest BCUT2D eigenvalue weighted by Gasteiger charge is 2.06. The van der Waals surface area contributed by atoms with Crippen molar-refractivity contribution in [2.45, 2.75) is 33.4 Å². The van der Waals surface area contributed by atoms with Gasteiger partial charge < -0.3 is 14.6 Å². The largest absolute Gasteiger partial charge is 0.485 e. The fourth-order valence-corrected chi connectivity index (χ4v) is 1.94. The number of benzene rings is 1. The Morgan fingerprint density at radius 3 is 3.00 bits per heavy atom. The first-order chi connectivity index (χ1) is 9.69. The molecule has 0 amide bonds. The molecule has 0 aliphatic heterocycles. The Morgan fingerprint density at radius 1 is 1.35 bits per heavy atom. The van der Waals surface area contributed by atoms with Gasteiger partial charge in [0.1, 0.15) is 12.4 Å². The SMILES string of the molecule is CCCNCc1cc(COc2cc(Cl)ccc2C)on1. The van der Waals surface area contributed by atoms with Gasteiger partial charge in [0.2, 0.25) is 0 Å². The van der Waals surface area contributed by atoms with E-state index in [1.165, 1.54) is 0 Å². The molecule has 2 rings (SSSR count). The lowest BCUT2D eigenvalue weighted by Crippen LogP contribution is -2.13. The van der Waals surface area contributed by atoms with Crippen LogP contribution in [-0.2, 0) is 13.2 Å². The zero-order valence-electron chi connectivity index (χ0n) is 11.8. The molecule has 20 heavy (non-hydrogen) atoms. The number of aryl methyl sites for hydroxylation is 1. The van der Waals surface area contributed by atoms with Crippen LogP contribution in [0.15, 0.2) is 28.8 Å². The second-order valence-corrected chi connectivity index (χ2v) is 5.10. The van der Waals surface area contributed by atoms with E-state index in [-0.39, 0.29) is 0 Å². The smallest absolute Gasteiger partial charge is 0.174 e. The monoisotopic (exact) mass is 294 g/mol. The molecular weight excluding hydrogens is 276 g/mol. The Morgan fingerprint density at radius 2 is 2.20 bits per heavy atom. The van der Waals surface area contributed by atoms with Crippen molar-refractivity contribution in [2.75, 3.05) is 6.54 Å². The number of ether oxygens (including phenoxy) is 1. The molecular formula is C15H19ClN2O2. The van der Waals surface area contributed by atoms with Crippen molar-refractivity contribution < 1.29 is 9.26 Å². The predicted molar refractivity (Wildman–Crippen MR) is 79.0 cm³/mol. The molecule has 0 radical (unpaired) electrons. The van der Waals surface area contributed by atoms with Gasteiger partial charge in [-0.2, -0.15) is 0 Å². The van der Waals surface area contributed by atoms with E-state index in [1.807, 2.05) is 25.1 Å². The van der Waals surface area contributed by atoms with Crippen LogP contribution in [0.3, 0.4) is 0 Å². The third-order valence-corrected chi connectivity index (χ3v) is 3.10. The topological polar surface area (TPSA) is 47.3 Å². The number of nitrogens with one attached hydrogen (secondary N) is 1. The Labute approximate surface area is 124 Å². The van der Waals surface area contributed by atoms with E-state index in [1.54, 1.807) is 6.07 Å². The summed E-state index contributed by atoms with van der Waals surface area (Å²) in [6, 6.07) is 7.48. The predicted octanol–water partition coefficient (Wildman–Crippen LogP) is 3.72. The van der Waals surface area contributed by atoms with Gasteiger partial charge in [0.05, 0.1) is 5.69 Å². The summed E-state index contributed by atoms with van der Waals surface area (Å²) in [4.78, 5) is 0. The molecule has 0 aliphatic rings. The number of hydrogen-bond donors (Lipinski definition) is 1. The van der Waals surface area contributed by atoms with Crippen LogP contribution in [0, 0.1) is 6.92 Å². The molecule has 1 heterocycles. The van der Waals surface area contributed by atoms with Crippen molar-refractivity contribution in [2.24, 2.45) is 0 Å². The highest BCUT2D eigenvalue weighted by Crippen LogP contribution is 2.23. The average molecular weight is 295 g/mol. The standard InChI is InChI=1S/C15H19ClN2O2/c1-3-6-17-9-13-8-14(20-18-13)10-19-15-7-12(16)5-4-11(15)2/h4-5,7-8,17H,3,6,9-10H2,1-2H3. The fraction of sp³-hybridized carbons (Fsp3) is 0.400. The first-order valence-electron chi connectivity index (χ1n) is 6.73. The Balaban J connectivity index is 1.89. The summed E-state index contributed by atoms with van der Waals surface area (Å²) in [5.74, 6) is 1.47. The van der Waals surface area contributed by atoms with Crippen LogP contribution in [0.1, 0.15) is 30.4 Å². The van der Waals surface area contributed by atoms with Gasteiger partial charge >= 0.3 is 0 Å². The third kappa shape index (κ3) is 4.25. The molecule has 0 aliphatic carbocycles. The van der Waals surface area contributed by atoms with E-state index >= 15 is 0 Å². The maximum atomic E-state index is 5.95. The molecule has 0 saturated carbocycles. The van der Waals surface area contributed by atoms with Crippen LogP contribution >= 0.6 is 11.6 Å². The fourth-order valence-electron chi connectivity index (χ4n) is 1.78. The van der Waals surface area contributed by atoms with E-state index in [0.717, 1.165) is 30.0 Å². The first kappa shape index (κ1) is 14.9. The molecule has 1 aromatic carbocycles. The van der Waals surface area contributed by atoms with Gasteiger partial charge in [-0.05, 0) is 37.6 Å². The molecule has 4 nitrogen and oxygen atoms in total. The van der Waals surface area contributed by atoms with E-state index < -0.39 is 0 Å². The molecule has 0 saturated heterocycles. The van der Waals surface area contributed by atoms with Crippen molar-refractivity contribution in [1.29, 1.82) is 0 Å². The van der Waals surface area contributed by atoms with Crippen LogP contribution in [0.5, 0.6) is 5.75 Å². The highest BCUT2D eigenvalue weighted by atomic mass is 35.5. The van der Waals surface area contributed by atoms with E-state index in [4.69, 9.17) is 20.9 Å². The molecule has 108 valence electrons. The minimum absolute atomic E-state index is 0.349. The highest BCUT2D eigenvalue weighted by molar-refractivity contribution is 6.30. The molecule has 0 unspecified atom stereocenters. The normalized spacial score (nSPS) is 10.8. The molecule has 0 fully saturated rings. The maximum absolute atomic E-state index is 5.95. The van der Waals surface area contributed by atoms with Crippen molar-refractivity contribution in [3.05, 3.63) is 46.3 Å². The molecule has 2 aromatic rings. The van der Waals surface area contributed by atoms with E-state index in [9.17, 15) is 0 Å². The lowest BCUT2D eigenvalue weighted by Gasteiger charge is -2.07. The van der Waals surface area contributed by atoms with Gasteiger partial charge in [-0.1, -0.05) is 29.7 Å². The first-order valence-corrected chi connectivity index (χ1v) is 7.11. The third-order valence-electron chi connectivity index (χ3n) is 2.86. The Kier molecular flexibility index (Phi) is 5.44. The number of nitrogens with zero attached hydrogens (tertiary/aromatic N) is 1. The van der Waals surface area contributed by atoms with Crippen LogP contribution in [-0.4, -0.2) is 11.7 Å². The summed E-state index contributed by atoms with van der Waals surface area (Å²) < 4.78 is 10.9.